The SMILES string of the molecule is CSNC(=O)c1cc(Cl)c(OC2CCN(c3ccc(OC(F)F)c(Cl)c3)CC2)cc1F. The number of alkyl halides is 2. The first-order valence-electron chi connectivity index (χ1n) is 9.26. The molecule has 0 saturated carbocycles. The maximum Gasteiger partial charge on any atom is 0.387 e. The van der Waals surface area contributed by atoms with E-state index in [1.165, 1.54) is 12.1 Å². The molecule has 31 heavy (non-hydrogen) atoms. The van der Waals surface area contributed by atoms with Gasteiger partial charge in [0, 0.05) is 43.9 Å². The van der Waals surface area contributed by atoms with E-state index in [1.807, 2.05) is 4.90 Å². The molecule has 0 aliphatic carbocycles. The molecule has 0 unspecified atom stereocenters. The minimum atomic E-state index is -2.94. The molecule has 11 heteroatoms. The van der Waals surface area contributed by atoms with Crippen LogP contribution in [0.5, 0.6) is 11.5 Å². The molecule has 1 fully saturated rings. The number of halogens is 5. The van der Waals surface area contributed by atoms with Crippen LogP contribution in [0.25, 0.3) is 0 Å². The zero-order valence-corrected chi connectivity index (χ0v) is 18.7. The van der Waals surface area contributed by atoms with Crippen LogP contribution in [0, 0.1) is 5.82 Å². The van der Waals surface area contributed by atoms with Gasteiger partial charge in [0.05, 0.1) is 15.6 Å². The van der Waals surface area contributed by atoms with Crippen molar-refractivity contribution in [2.45, 2.75) is 25.6 Å². The fourth-order valence-electron chi connectivity index (χ4n) is 3.23. The van der Waals surface area contributed by atoms with Crippen molar-refractivity contribution in [2.24, 2.45) is 0 Å². The first-order valence-corrected chi connectivity index (χ1v) is 11.2. The van der Waals surface area contributed by atoms with Gasteiger partial charge in [-0.15, -0.1) is 0 Å². The summed E-state index contributed by atoms with van der Waals surface area (Å²) in [7, 11) is 0. The summed E-state index contributed by atoms with van der Waals surface area (Å²) in [6, 6.07) is 7.01. The quantitative estimate of drug-likeness (QED) is 0.493. The number of rotatable bonds is 7. The lowest BCUT2D eigenvalue weighted by molar-refractivity contribution is -0.0497. The van der Waals surface area contributed by atoms with E-state index in [0.29, 0.717) is 25.9 Å². The molecule has 0 radical (unpaired) electrons. The zero-order chi connectivity index (χ0) is 22.5. The van der Waals surface area contributed by atoms with E-state index in [-0.39, 0.29) is 33.2 Å². The van der Waals surface area contributed by atoms with Crippen LogP contribution >= 0.6 is 35.1 Å². The molecule has 0 spiro atoms. The Bertz CT molecular complexity index is 944. The summed E-state index contributed by atoms with van der Waals surface area (Å²) >= 11 is 13.3. The largest absolute Gasteiger partial charge is 0.489 e. The molecule has 2 aromatic rings. The van der Waals surface area contributed by atoms with E-state index in [4.69, 9.17) is 27.9 Å². The number of nitrogens with one attached hydrogen (secondary N) is 1. The number of nitrogens with zero attached hydrogens (tertiary/aromatic N) is 1. The Balaban J connectivity index is 1.61. The Hall–Kier alpha value is -1.97. The second-order valence-electron chi connectivity index (χ2n) is 6.70. The van der Waals surface area contributed by atoms with Crippen molar-refractivity contribution in [3.63, 3.8) is 0 Å². The maximum absolute atomic E-state index is 14.3. The highest BCUT2D eigenvalue weighted by Crippen LogP contribution is 2.33. The highest BCUT2D eigenvalue weighted by molar-refractivity contribution is 7.97. The van der Waals surface area contributed by atoms with Gasteiger partial charge in [-0.1, -0.05) is 35.1 Å². The van der Waals surface area contributed by atoms with Gasteiger partial charge in [-0.2, -0.15) is 8.78 Å². The van der Waals surface area contributed by atoms with Gasteiger partial charge >= 0.3 is 6.61 Å². The summed E-state index contributed by atoms with van der Waals surface area (Å²) < 4.78 is 51.7. The number of ether oxygens (including phenoxy) is 2. The Morgan fingerprint density at radius 3 is 2.45 bits per heavy atom. The Kier molecular flexibility index (Phi) is 8.07. The number of carbonyl (C=O) groups excluding carboxylic acids is 1. The van der Waals surface area contributed by atoms with E-state index < -0.39 is 18.3 Å². The summed E-state index contributed by atoms with van der Waals surface area (Å²) in [5.41, 5.74) is 0.621. The van der Waals surface area contributed by atoms with E-state index >= 15 is 0 Å². The monoisotopic (exact) mass is 494 g/mol. The molecule has 0 atom stereocenters. The molecule has 5 nitrogen and oxygen atoms in total. The van der Waals surface area contributed by atoms with Crippen LogP contribution in [0.4, 0.5) is 18.9 Å². The zero-order valence-electron chi connectivity index (χ0n) is 16.3. The lowest BCUT2D eigenvalue weighted by Crippen LogP contribution is -2.38. The molecular formula is C20H19Cl2F3N2O3S. The fourth-order valence-corrected chi connectivity index (χ4v) is 3.95. The standard InChI is InChI=1S/C20H19Cl2F3N2O3S/c1-31-26-19(28)13-9-15(22)18(10-16(13)23)29-12-4-6-27(7-5-12)11-2-3-17(14(21)8-11)30-20(24)25/h2-3,8-10,12,20H,4-7H2,1H3,(H,26,28). The number of carbonyl (C=O) groups is 1. The average molecular weight is 495 g/mol. The molecule has 1 aliphatic rings. The molecule has 0 bridgehead atoms. The first kappa shape index (κ1) is 23.7. The normalized spacial score (nSPS) is 14.6. The summed E-state index contributed by atoms with van der Waals surface area (Å²) in [5.74, 6) is -1.20. The van der Waals surface area contributed by atoms with Crippen molar-refractivity contribution in [1.82, 2.24) is 4.72 Å². The molecule has 1 amide bonds. The fraction of sp³-hybridized carbons (Fsp3) is 0.350. The van der Waals surface area contributed by atoms with Crippen LogP contribution < -0.4 is 19.1 Å². The van der Waals surface area contributed by atoms with Gasteiger partial charge in [-0.3, -0.25) is 9.52 Å². The Labute approximate surface area is 191 Å². The van der Waals surface area contributed by atoms with Gasteiger partial charge in [0.25, 0.3) is 5.91 Å². The molecule has 168 valence electrons. The van der Waals surface area contributed by atoms with Gasteiger partial charge in [0.1, 0.15) is 23.4 Å². The van der Waals surface area contributed by atoms with Crippen molar-refractivity contribution < 1.29 is 27.4 Å². The van der Waals surface area contributed by atoms with Crippen LogP contribution in [-0.2, 0) is 0 Å². The topological polar surface area (TPSA) is 50.8 Å². The van der Waals surface area contributed by atoms with Crippen LogP contribution in [-0.4, -0.2) is 38.0 Å². The number of piperidine rings is 1. The first-order chi connectivity index (χ1) is 14.8. The minimum Gasteiger partial charge on any atom is -0.489 e. The second-order valence-corrected chi connectivity index (χ2v) is 8.12. The molecule has 1 heterocycles. The Morgan fingerprint density at radius 1 is 1.16 bits per heavy atom. The van der Waals surface area contributed by atoms with Crippen molar-refractivity contribution in [2.75, 3.05) is 24.2 Å². The minimum absolute atomic E-state index is 0.0787. The lowest BCUT2D eigenvalue weighted by atomic mass is 10.1. The highest BCUT2D eigenvalue weighted by Gasteiger charge is 2.24. The van der Waals surface area contributed by atoms with E-state index in [2.05, 4.69) is 9.46 Å². The van der Waals surface area contributed by atoms with Gasteiger partial charge < -0.3 is 14.4 Å². The van der Waals surface area contributed by atoms with Crippen molar-refractivity contribution in [3.05, 3.63) is 51.8 Å². The van der Waals surface area contributed by atoms with Crippen molar-refractivity contribution in [1.29, 1.82) is 0 Å². The van der Waals surface area contributed by atoms with E-state index in [9.17, 15) is 18.0 Å². The van der Waals surface area contributed by atoms with Gasteiger partial charge in [-0.05, 0) is 24.3 Å². The molecule has 1 aliphatic heterocycles. The number of hydrogen-bond donors (Lipinski definition) is 1. The number of benzene rings is 2. The summed E-state index contributed by atoms with van der Waals surface area (Å²) in [4.78, 5) is 13.9. The third kappa shape index (κ3) is 6.05. The summed E-state index contributed by atoms with van der Waals surface area (Å²) in [5, 5.41) is 0.250. The third-order valence-electron chi connectivity index (χ3n) is 4.69. The molecule has 0 aromatic heterocycles. The van der Waals surface area contributed by atoms with Crippen molar-refractivity contribution >= 4 is 46.7 Å². The maximum atomic E-state index is 14.3. The van der Waals surface area contributed by atoms with Gasteiger partial charge in [-0.25, -0.2) is 4.39 Å². The predicted molar refractivity (Wildman–Crippen MR) is 116 cm³/mol. The predicted octanol–water partition coefficient (Wildman–Crippen LogP) is 5.79. The average Bonchev–Trinajstić information content (AvgIpc) is 2.72. The van der Waals surface area contributed by atoms with E-state index in [0.717, 1.165) is 23.7 Å². The molecule has 1 N–H and O–H groups in total. The molecular weight excluding hydrogens is 476 g/mol. The smallest absolute Gasteiger partial charge is 0.387 e. The Morgan fingerprint density at radius 2 is 1.84 bits per heavy atom. The van der Waals surface area contributed by atoms with Crippen molar-refractivity contribution in [3.8, 4) is 11.5 Å². The van der Waals surface area contributed by atoms with Gasteiger partial charge in [0.15, 0.2) is 0 Å². The van der Waals surface area contributed by atoms with Crippen LogP contribution in [0.3, 0.4) is 0 Å². The van der Waals surface area contributed by atoms with E-state index in [1.54, 1.807) is 18.4 Å². The second kappa shape index (κ2) is 10.6. The molecule has 2 aromatic carbocycles. The summed E-state index contributed by atoms with van der Waals surface area (Å²) in [6.07, 6.45) is 2.70. The molecule has 1 saturated heterocycles. The lowest BCUT2D eigenvalue weighted by Gasteiger charge is -2.34. The highest BCUT2D eigenvalue weighted by atomic mass is 35.5. The number of anilines is 1. The van der Waals surface area contributed by atoms with Crippen LogP contribution in [0.1, 0.15) is 23.2 Å². The number of hydrogen-bond acceptors (Lipinski definition) is 5. The van der Waals surface area contributed by atoms with Gasteiger partial charge in [0.2, 0.25) is 0 Å². The summed E-state index contributed by atoms with van der Waals surface area (Å²) in [6.45, 7) is -1.71. The van der Waals surface area contributed by atoms with Crippen LogP contribution in [0.15, 0.2) is 30.3 Å². The third-order valence-corrected chi connectivity index (χ3v) is 5.67. The number of amides is 1. The van der Waals surface area contributed by atoms with Crippen LogP contribution in [0.2, 0.25) is 10.0 Å². The molecule has 3 rings (SSSR count).